The maximum Gasteiger partial charge on any atom is 0.309 e. The predicted molar refractivity (Wildman–Crippen MR) is 60.7 cm³/mol. The molecule has 1 unspecified atom stereocenters. The summed E-state index contributed by atoms with van der Waals surface area (Å²) < 4.78 is 0. The fourth-order valence-corrected chi connectivity index (χ4v) is 1.45. The van der Waals surface area contributed by atoms with E-state index in [9.17, 15) is 9.90 Å². The van der Waals surface area contributed by atoms with E-state index in [1.54, 1.807) is 13.8 Å². The Kier molecular flexibility index (Phi) is 4.78. The first-order valence-electron chi connectivity index (χ1n) is 5.59. The lowest BCUT2D eigenvalue weighted by molar-refractivity contribution is -0.160. The van der Waals surface area contributed by atoms with Crippen molar-refractivity contribution in [2.24, 2.45) is 10.8 Å². The number of carbonyl (C=O) groups is 1. The molecular formula is C12H24O3. The fourth-order valence-electron chi connectivity index (χ4n) is 1.45. The van der Waals surface area contributed by atoms with Gasteiger partial charge < -0.3 is 10.2 Å². The number of unbranched alkanes of at least 4 members (excludes halogenated alkanes) is 1. The van der Waals surface area contributed by atoms with Crippen LogP contribution >= 0.6 is 0 Å². The van der Waals surface area contributed by atoms with Gasteiger partial charge >= 0.3 is 5.97 Å². The van der Waals surface area contributed by atoms with Crippen LogP contribution in [0.25, 0.3) is 0 Å². The van der Waals surface area contributed by atoms with Gasteiger partial charge in [-0.1, -0.05) is 33.6 Å². The standard InChI is InChI=1S/C12H24O3/c1-6-7-8-9(13)11(2,3)12(4,5)10(14)15/h9,13H,6-8H2,1-5H3,(H,14,15). The minimum absolute atomic E-state index is 0.566. The number of carboxylic acids is 1. The molecule has 0 aromatic carbocycles. The van der Waals surface area contributed by atoms with Gasteiger partial charge in [0.1, 0.15) is 0 Å². The van der Waals surface area contributed by atoms with Crippen LogP contribution in [0.15, 0.2) is 0 Å². The van der Waals surface area contributed by atoms with Gasteiger partial charge in [0.25, 0.3) is 0 Å². The highest BCUT2D eigenvalue weighted by Crippen LogP contribution is 2.42. The molecule has 0 rings (SSSR count). The third-order valence-corrected chi connectivity index (χ3v) is 3.81. The van der Waals surface area contributed by atoms with Crippen molar-refractivity contribution in [1.29, 1.82) is 0 Å². The Morgan fingerprint density at radius 1 is 1.27 bits per heavy atom. The van der Waals surface area contributed by atoms with Crippen molar-refractivity contribution in [3.8, 4) is 0 Å². The number of rotatable bonds is 6. The minimum Gasteiger partial charge on any atom is -0.481 e. The molecule has 2 N–H and O–H groups in total. The molecule has 0 aromatic heterocycles. The second-order valence-corrected chi connectivity index (χ2v) is 5.31. The Bertz CT molecular complexity index is 219. The molecule has 0 aliphatic heterocycles. The highest BCUT2D eigenvalue weighted by Gasteiger charge is 2.47. The molecule has 0 fully saturated rings. The molecule has 0 bridgehead atoms. The van der Waals surface area contributed by atoms with Gasteiger partial charge in [0.15, 0.2) is 0 Å². The van der Waals surface area contributed by atoms with Crippen LogP contribution in [0.4, 0.5) is 0 Å². The molecule has 0 spiro atoms. The molecule has 1 atom stereocenters. The number of hydrogen-bond donors (Lipinski definition) is 2. The van der Waals surface area contributed by atoms with Crippen molar-refractivity contribution in [3.05, 3.63) is 0 Å². The second kappa shape index (κ2) is 4.97. The van der Waals surface area contributed by atoms with Crippen LogP contribution in [-0.4, -0.2) is 22.3 Å². The summed E-state index contributed by atoms with van der Waals surface area (Å²) in [6.45, 7) is 9.04. The highest BCUT2D eigenvalue weighted by atomic mass is 16.4. The van der Waals surface area contributed by atoms with Crippen molar-refractivity contribution >= 4 is 5.97 Å². The van der Waals surface area contributed by atoms with Crippen molar-refractivity contribution in [2.45, 2.75) is 60.0 Å². The van der Waals surface area contributed by atoms with Gasteiger partial charge in [-0.2, -0.15) is 0 Å². The van der Waals surface area contributed by atoms with Crippen molar-refractivity contribution < 1.29 is 15.0 Å². The Hall–Kier alpha value is -0.570. The lowest BCUT2D eigenvalue weighted by atomic mass is 9.64. The van der Waals surface area contributed by atoms with E-state index >= 15 is 0 Å². The summed E-state index contributed by atoms with van der Waals surface area (Å²) in [4.78, 5) is 11.1. The number of aliphatic carboxylic acids is 1. The van der Waals surface area contributed by atoms with Crippen LogP contribution in [-0.2, 0) is 4.79 Å². The van der Waals surface area contributed by atoms with E-state index in [2.05, 4.69) is 6.92 Å². The fraction of sp³-hybridized carbons (Fsp3) is 0.917. The minimum atomic E-state index is -0.917. The highest BCUT2D eigenvalue weighted by molar-refractivity contribution is 5.74. The van der Waals surface area contributed by atoms with Crippen LogP contribution in [0.2, 0.25) is 0 Å². The Labute approximate surface area is 92.5 Å². The summed E-state index contributed by atoms with van der Waals surface area (Å²) in [5.41, 5.74) is -1.53. The maximum absolute atomic E-state index is 11.1. The predicted octanol–water partition coefficient (Wildman–Crippen LogP) is 2.67. The van der Waals surface area contributed by atoms with Gasteiger partial charge in [-0.25, -0.2) is 0 Å². The molecule has 0 saturated carbocycles. The molecule has 0 radical (unpaired) electrons. The molecule has 90 valence electrons. The number of carboxylic acid groups (broad SMARTS) is 1. The third-order valence-electron chi connectivity index (χ3n) is 3.81. The first-order chi connectivity index (χ1) is 6.67. The topological polar surface area (TPSA) is 57.5 Å². The Morgan fingerprint density at radius 3 is 2.07 bits per heavy atom. The van der Waals surface area contributed by atoms with E-state index in [-0.39, 0.29) is 0 Å². The van der Waals surface area contributed by atoms with Gasteiger partial charge in [0.2, 0.25) is 0 Å². The lowest BCUT2D eigenvalue weighted by Gasteiger charge is -2.41. The summed E-state index contributed by atoms with van der Waals surface area (Å²) in [5.74, 6) is -0.858. The van der Waals surface area contributed by atoms with Crippen LogP contribution < -0.4 is 0 Å². The van der Waals surface area contributed by atoms with E-state index in [0.29, 0.717) is 6.42 Å². The molecule has 15 heavy (non-hydrogen) atoms. The zero-order chi connectivity index (χ0) is 12.3. The zero-order valence-electron chi connectivity index (χ0n) is 10.5. The van der Waals surface area contributed by atoms with Gasteiger partial charge in [-0.15, -0.1) is 0 Å². The largest absolute Gasteiger partial charge is 0.481 e. The van der Waals surface area contributed by atoms with E-state index in [1.807, 2.05) is 13.8 Å². The van der Waals surface area contributed by atoms with Crippen molar-refractivity contribution in [3.63, 3.8) is 0 Å². The average Bonchev–Trinajstić information content (AvgIpc) is 2.13. The number of aliphatic hydroxyl groups is 1. The smallest absolute Gasteiger partial charge is 0.309 e. The molecule has 0 amide bonds. The van der Waals surface area contributed by atoms with Crippen molar-refractivity contribution in [1.82, 2.24) is 0 Å². The SMILES string of the molecule is CCCCC(O)C(C)(C)C(C)(C)C(=O)O. The van der Waals surface area contributed by atoms with Crippen LogP contribution in [0.5, 0.6) is 0 Å². The van der Waals surface area contributed by atoms with Crippen molar-refractivity contribution in [2.75, 3.05) is 0 Å². The van der Waals surface area contributed by atoms with E-state index in [4.69, 9.17) is 5.11 Å². The second-order valence-electron chi connectivity index (χ2n) is 5.31. The molecule has 0 saturated heterocycles. The number of aliphatic hydroxyl groups excluding tert-OH is 1. The summed E-state index contributed by atoms with van der Waals surface area (Å²) in [6, 6.07) is 0. The Morgan fingerprint density at radius 2 is 1.73 bits per heavy atom. The zero-order valence-corrected chi connectivity index (χ0v) is 10.5. The van der Waals surface area contributed by atoms with E-state index in [0.717, 1.165) is 12.8 Å². The van der Waals surface area contributed by atoms with E-state index < -0.39 is 22.9 Å². The van der Waals surface area contributed by atoms with Gasteiger partial charge in [0.05, 0.1) is 11.5 Å². The van der Waals surface area contributed by atoms with Gasteiger partial charge in [-0.3, -0.25) is 4.79 Å². The molecule has 0 heterocycles. The van der Waals surface area contributed by atoms with Crippen LogP contribution in [0, 0.1) is 10.8 Å². The quantitative estimate of drug-likeness (QED) is 0.717. The van der Waals surface area contributed by atoms with Gasteiger partial charge in [0, 0.05) is 5.41 Å². The molecule has 3 nitrogen and oxygen atoms in total. The first-order valence-corrected chi connectivity index (χ1v) is 5.59. The maximum atomic E-state index is 11.1. The molecule has 0 aliphatic rings. The average molecular weight is 216 g/mol. The Balaban J connectivity index is 4.71. The molecule has 3 heteroatoms. The summed E-state index contributed by atoms with van der Waals surface area (Å²) in [7, 11) is 0. The number of hydrogen-bond acceptors (Lipinski definition) is 2. The lowest BCUT2D eigenvalue weighted by Crippen LogP contribution is -2.47. The normalized spacial score (nSPS) is 15.1. The summed E-state index contributed by atoms with van der Waals surface area (Å²) in [5, 5.41) is 19.2. The first kappa shape index (κ1) is 14.4. The summed E-state index contributed by atoms with van der Waals surface area (Å²) in [6.07, 6.45) is 2.05. The molecular weight excluding hydrogens is 192 g/mol. The summed E-state index contributed by atoms with van der Waals surface area (Å²) >= 11 is 0. The monoisotopic (exact) mass is 216 g/mol. The van der Waals surface area contributed by atoms with Crippen LogP contribution in [0.3, 0.4) is 0 Å². The van der Waals surface area contributed by atoms with E-state index in [1.165, 1.54) is 0 Å². The van der Waals surface area contributed by atoms with Gasteiger partial charge in [-0.05, 0) is 20.3 Å². The molecule has 0 aliphatic carbocycles. The van der Waals surface area contributed by atoms with Crippen LogP contribution in [0.1, 0.15) is 53.9 Å². The molecule has 0 aromatic rings. The third kappa shape index (κ3) is 2.94.